The predicted molar refractivity (Wildman–Crippen MR) is 49.6 cm³/mol. The summed E-state index contributed by atoms with van der Waals surface area (Å²) in [6, 6.07) is 0. The summed E-state index contributed by atoms with van der Waals surface area (Å²) in [5.74, 6) is 1.28. The Bertz CT molecular complexity index is 281. The Kier molecular flexibility index (Phi) is 3.10. The zero-order valence-electron chi connectivity index (χ0n) is 8.11. The van der Waals surface area contributed by atoms with Gasteiger partial charge in [0.15, 0.2) is 0 Å². The number of rotatable bonds is 3. The van der Waals surface area contributed by atoms with Gasteiger partial charge in [-0.1, -0.05) is 5.16 Å². The van der Waals surface area contributed by atoms with Gasteiger partial charge in [-0.05, 0) is 19.3 Å². The molecule has 0 amide bonds. The Morgan fingerprint density at radius 3 is 3.07 bits per heavy atom. The van der Waals surface area contributed by atoms with Crippen molar-refractivity contribution in [1.29, 1.82) is 0 Å². The van der Waals surface area contributed by atoms with Crippen LogP contribution in [0.3, 0.4) is 0 Å². The summed E-state index contributed by atoms with van der Waals surface area (Å²) in [6.45, 7) is 1.33. The van der Waals surface area contributed by atoms with Gasteiger partial charge in [-0.15, -0.1) is 0 Å². The van der Waals surface area contributed by atoms with Crippen LogP contribution in [0.5, 0.6) is 0 Å². The SMILES string of the molecule is NCCc1nc(C2CCCCO2)no1. The maximum atomic E-state index is 5.54. The van der Waals surface area contributed by atoms with E-state index in [2.05, 4.69) is 10.1 Å². The number of ether oxygens (including phenoxy) is 1. The van der Waals surface area contributed by atoms with Crippen LogP contribution in [-0.4, -0.2) is 23.3 Å². The smallest absolute Gasteiger partial charge is 0.228 e. The first-order valence-corrected chi connectivity index (χ1v) is 5.04. The molecule has 5 heteroatoms. The topological polar surface area (TPSA) is 74.2 Å². The molecule has 0 aliphatic carbocycles. The van der Waals surface area contributed by atoms with Gasteiger partial charge >= 0.3 is 0 Å². The van der Waals surface area contributed by atoms with Crippen LogP contribution < -0.4 is 5.73 Å². The summed E-state index contributed by atoms with van der Waals surface area (Å²) in [5.41, 5.74) is 5.39. The molecule has 0 radical (unpaired) electrons. The van der Waals surface area contributed by atoms with Gasteiger partial charge in [0.05, 0.1) is 0 Å². The highest BCUT2D eigenvalue weighted by atomic mass is 16.5. The molecule has 1 fully saturated rings. The molecule has 2 heterocycles. The molecule has 0 spiro atoms. The minimum Gasteiger partial charge on any atom is -0.370 e. The van der Waals surface area contributed by atoms with E-state index >= 15 is 0 Å². The molecule has 1 atom stereocenters. The average Bonchev–Trinajstić information content (AvgIpc) is 2.68. The van der Waals surface area contributed by atoms with Crippen molar-refractivity contribution in [2.24, 2.45) is 5.73 Å². The van der Waals surface area contributed by atoms with E-state index in [1.165, 1.54) is 6.42 Å². The van der Waals surface area contributed by atoms with Gasteiger partial charge in [0, 0.05) is 19.6 Å². The minimum atomic E-state index is 0.0269. The standard InChI is InChI=1S/C9H15N3O2/c10-5-4-8-11-9(12-14-8)7-3-1-2-6-13-7/h7H,1-6,10H2. The second-order valence-corrected chi connectivity index (χ2v) is 3.44. The summed E-state index contributed by atoms with van der Waals surface area (Å²) >= 11 is 0. The van der Waals surface area contributed by atoms with Crippen molar-refractivity contribution in [2.75, 3.05) is 13.2 Å². The van der Waals surface area contributed by atoms with E-state index in [0.717, 1.165) is 19.4 Å². The minimum absolute atomic E-state index is 0.0269. The van der Waals surface area contributed by atoms with Crippen LogP contribution in [0, 0.1) is 0 Å². The third kappa shape index (κ3) is 2.10. The zero-order valence-corrected chi connectivity index (χ0v) is 8.11. The highest BCUT2D eigenvalue weighted by Gasteiger charge is 2.21. The molecule has 1 aromatic rings. The van der Waals surface area contributed by atoms with Crippen molar-refractivity contribution in [2.45, 2.75) is 31.8 Å². The molecular weight excluding hydrogens is 182 g/mol. The lowest BCUT2D eigenvalue weighted by molar-refractivity contribution is 0.00821. The van der Waals surface area contributed by atoms with Gasteiger partial charge in [-0.2, -0.15) is 4.98 Å². The lowest BCUT2D eigenvalue weighted by atomic mass is 10.1. The van der Waals surface area contributed by atoms with Gasteiger partial charge < -0.3 is 15.0 Å². The van der Waals surface area contributed by atoms with Crippen LogP contribution in [0.2, 0.25) is 0 Å². The Labute approximate surface area is 82.6 Å². The monoisotopic (exact) mass is 197 g/mol. The van der Waals surface area contributed by atoms with Crippen molar-refractivity contribution in [1.82, 2.24) is 10.1 Å². The Morgan fingerprint density at radius 2 is 2.36 bits per heavy atom. The second kappa shape index (κ2) is 4.52. The Balaban J connectivity index is 2.00. The number of aromatic nitrogens is 2. The largest absolute Gasteiger partial charge is 0.370 e. The Hall–Kier alpha value is -0.940. The number of hydrogen-bond donors (Lipinski definition) is 1. The van der Waals surface area contributed by atoms with Crippen LogP contribution in [0.1, 0.15) is 37.1 Å². The van der Waals surface area contributed by atoms with E-state index in [1.807, 2.05) is 0 Å². The van der Waals surface area contributed by atoms with Crippen molar-refractivity contribution in [3.05, 3.63) is 11.7 Å². The van der Waals surface area contributed by atoms with Gasteiger partial charge in [-0.3, -0.25) is 0 Å². The molecular formula is C9H15N3O2. The lowest BCUT2D eigenvalue weighted by Gasteiger charge is -2.18. The molecule has 1 aliphatic heterocycles. The number of nitrogens with two attached hydrogens (primary N) is 1. The molecule has 78 valence electrons. The summed E-state index contributed by atoms with van der Waals surface area (Å²) in [7, 11) is 0. The molecule has 14 heavy (non-hydrogen) atoms. The maximum absolute atomic E-state index is 5.54. The fourth-order valence-electron chi connectivity index (χ4n) is 1.57. The molecule has 0 saturated carbocycles. The molecule has 1 saturated heterocycles. The predicted octanol–water partition coefficient (Wildman–Crippen LogP) is 0.812. The molecule has 1 unspecified atom stereocenters. The van der Waals surface area contributed by atoms with Crippen molar-refractivity contribution >= 4 is 0 Å². The van der Waals surface area contributed by atoms with Crippen LogP contribution in [0.25, 0.3) is 0 Å². The van der Waals surface area contributed by atoms with Crippen LogP contribution in [-0.2, 0) is 11.2 Å². The van der Waals surface area contributed by atoms with Crippen molar-refractivity contribution in [3.63, 3.8) is 0 Å². The third-order valence-corrected chi connectivity index (χ3v) is 2.31. The average molecular weight is 197 g/mol. The molecule has 5 nitrogen and oxygen atoms in total. The zero-order chi connectivity index (χ0) is 9.80. The first kappa shape index (κ1) is 9.61. The molecule has 0 aromatic carbocycles. The molecule has 1 aliphatic rings. The van der Waals surface area contributed by atoms with E-state index in [-0.39, 0.29) is 6.10 Å². The van der Waals surface area contributed by atoms with Crippen molar-refractivity contribution < 1.29 is 9.26 Å². The van der Waals surface area contributed by atoms with Crippen molar-refractivity contribution in [3.8, 4) is 0 Å². The fourth-order valence-corrected chi connectivity index (χ4v) is 1.57. The van der Waals surface area contributed by atoms with E-state index < -0.39 is 0 Å². The molecule has 0 bridgehead atoms. The quantitative estimate of drug-likeness (QED) is 0.776. The summed E-state index contributed by atoms with van der Waals surface area (Å²) in [5, 5.41) is 3.89. The van der Waals surface area contributed by atoms with E-state index in [4.69, 9.17) is 15.0 Å². The third-order valence-electron chi connectivity index (χ3n) is 2.31. The lowest BCUT2D eigenvalue weighted by Crippen LogP contribution is -2.13. The maximum Gasteiger partial charge on any atom is 0.228 e. The van der Waals surface area contributed by atoms with Crippen LogP contribution >= 0.6 is 0 Å². The first-order valence-electron chi connectivity index (χ1n) is 5.04. The van der Waals surface area contributed by atoms with E-state index in [9.17, 15) is 0 Å². The summed E-state index contributed by atoms with van der Waals surface area (Å²) < 4.78 is 10.6. The summed E-state index contributed by atoms with van der Waals surface area (Å²) in [4.78, 5) is 4.24. The van der Waals surface area contributed by atoms with Gasteiger partial charge in [0.1, 0.15) is 6.10 Å². The highest BCUT2D eigenvalue weighted by molar-refractivity contribution is 4.92. The molecule has 1 aromatic heterocycles. The second-order valence-electron chi connectivity index (χ2n) is 3.44. The van der Waals surface area contributed by atoms with E-state index in [1.54, 1.807) is 0 Å². The van der Waals surface area contributed by atoms with Gasteiger partial charge in [0.2, 0.25) is 11.7 Å². The van der Waals surface area contributed by atoms with Gasteiger partial charge in [0.25, 0.3) is 0 Å². The number of hydrogen-bond acceptors (Lipinski definition) is 5. The first-order chi connectivity index (χ1) is 6.90. The highest BCUT2D eigenvalue weighted by Crippen LogP contribution is 2.25. The Morgan fingerprint density at radius 1 is 1.43 bits per heavy atom. The molecule has 2 N–H and O–H groups in total. The molecule has 2 rings (SSSR count). The van der Waals surface area contributed by atoms with Crippen LogP contribution in [0.4, 0.5) is 0 Å². The number of nitrogens with zero attached hydrogens (tertiary/aromatic N) is 2. The summed E-state index contributed by atoms with van der Waals surface area (Å²) in [6.07, 6.45) is 3.95. The van der Waals surface area contributed by atoms with Crippen LogP contribution in [0.15, 0.2) is 4.52 Å². The van der Waals surface area contributed by atoms with Gasteiger partial charge in [-0.25, -0.2) is 0 Å². The van der Waals surface area contributed by atoms with E-state index in [0.29, 0.717) is 24.7 Å². The normalized spacial score (nSPS) is 22.5. The fraction of sp³-hybridized carbons (Fsp3) is 0.778.